The molecule has 1 aliphatic rings. The highest BCUT2D eigenvalue weighted by Gasteiger charge is 2.43. The lowest BCUT2D eigenvalue weighted by Gasteiger charge is -2.34. The number of aryl methyl sites for hydroxylation is 1. The summed E-state index contributed by atoms with van der Waals surface area (Å²) < 4.78 is 57.1. The van der Waals surface area contributed by atoms with Gasteiger partial charge in [0.2, 0.25) is 15.9 Å². The van der Waals surface area contributed by atoms with Gasteiger partial charge in [-0.1, -0.05) is 29.8 Å². The number of amides is 2. The third kappa shape index (κ3) is 7.08. The fourth-order valence-electron chi connectivity index (χ4n) is 3.72. The van der Waals surface area contributed by atoms with Gasteiger partial charge in [-0.3, -0.25) is 4.79 Å². The van der Waals surface area contributed by atoms with Crippen molar-refractivity contribution in [2.45, 2.75) is 30.3 Å². The van der Waals surface area contributed by atoms with Crippen LogP contribution in [-0.4, -0.2) is 93.3 Å². The number of rotatable bonds is 8. The molecule has 2 aromatic rings. The normalized spacial score (nSPS) is 18.2. The summed E-state index contributed by atoms with van der Waals surface area (Å²) in [5.74, 6) is -3.44. The molecule has 1 heterocycles. The van der Waals surface area contributed by atoms with Crippen molar-refractivity contribution in [3.05, 3.63) is 59.7 Å². The van der Waals surface area contributed by atoms with Crippen LogP contribution in [0.5, 0.6) is 5.75 Å². The Hall–Kier alpha value is -3.49. The minimum atomic E-state index is -4.24. The molecule has 0 unspecified atom stereocenters. The van der Waals surface area contributed by atoms with E-state index in [9.17, 15) is 36.3 Å². The molecule has 0 aromatic heterocycles. The summed E-state index contributed by atoms with van der Waals surface area (Å²) in [5, 5.41) is 12.0. The molecular formula is C24H29N3O9S2. The van der Waals surface area contributed by atoms with Crippen molar-refractivity contribution >= 4 is 37.8 Å². The van der Waals surface area contributed by atoms with Crippen LogP contribution in [0.1, 0.15) is 11.1 Å². The number of nitrogens with zero attached hydrogens (tertiary/aromatic N) is 2. The summed E-state index contributed by atoms with van der Waals surface area (Å²) in [5.41, 5.74) is 1.29. The molecule has 38 heavy (non-hydrogen) atoms. The largest absolute Gasteiger partial charge is 0.480 e. The molecule has 2 atom stereocenters. The van der Waals surface area contributed by atoms with E-state index in [0.29, 0.717) is 5.56 Å². The second-order valence-corrected chi connectivity index (χ2v) is 13.2. The Morgan fingerprint density at radius 3 is 2.26 bits per heavy atom. The number of carbonyl (C=O) groups excluding carboxylic acids is 2. The summed E-state index contributed by atoms with van der Waals surface area (Å²) in [6.45, 7) is 1.33. The number of sulfonamides is 1. The quantitative estimate of drug-likeness (QED) is 0.465. The average Bonchev–Trinajstić information content (AvgIpc) is 2.84. The molecule has 0 saturated carbocycles. The van der Waals surface area contributed by atoms with Gasteiger partial charge in [0.25, 0.3) is 0 Å². The van der Waals surface area contributed by atoms with Crippen molar-refractivity contribution in [2.75, 3.05) is 32.1 Å². The van der Waals surface area contributed by atoms with Crippen molar-refractivity contribution in [1.82, 2.24) is 14.5 Å². The fraction of sp³-hybridized carbons (Fsp3) is 0.375. The second-order valence-electron chi connectivity index (χ2n) is 9.07. The van der Waals surface area contributed by atoms with Gasteiger partial charge in [-0.25, -0.2) is 26.4 Å². The van der Waals surface area contributed by atoms with Crippen LogP contribution in [0.2, 0.25) is 0 Å². The first kappa shape index (κ1) is 29.1. The van der Waals surface area contributed by atoms with Crippen molar-refractivity contribution in [1.29, 1.82) is 0 Å². The number of ether oxygens (including phenoxy) is 1. The molecule has 1 saturated heterocycles. The maximum atomic E-state index is 13.3. The van der Waals surface area contributed by atoms with E-state index in [1.165, 1.54) is 55.4 Å². The zero-order chi connectivity index (χ0) is 28.3. The molecule has 2 N–H and O–H groups in total. The molecule has 0 spiro atoms. The highest BCUT2D eigenvalue weighted by molar-refractivity contribution is 7.92. The van der Waals surface area contributed by atoms with Crippen LogP contribution < -0.4 is 10.1 Å². The topological polar surface area (TPSA) is 167 Å². The van der Waals surface area contributed by atoms with Gasteiger partial charge < -0.3 is 20.1 Å². The monoisotopic (exact) mass is 567 g/mol. The Morgan fingerprint density at radius 2 is 1.71 bits per heavy atom. The predicted molar refractivity (Wildman–Crippen MR) is 137 cm³/mol. The van der Waals surface area contributed by atoms with Crippen LogP contribution in [0.4, 0.5) is 4.79 Å². The lowest BCUT2D eigenvalue weighted by atomic mass is 10.1. The number of carboxylic acid groups (broad SMARTS) is 1. The number of aliphatic carboxylic acids is 1. The second kappa shape index (κ2) is 11.5. The van der Waals surface area contributed by atoms with Gasteiger partial charge in [-0.2, -0.15) is 4.31 Å². The van der Waals surface area contributed by atoms with Crippen LogP contribution in [0.25, 0.3) is 0 Å². The summed E-state index contributed by atoms with van der Waals surface area (Å²) in [4.78, 5) is 37.9. The number of nitrogens with one attached hydrogen (secondary N) is 1. The maximum Gasteiger partial charge on any atom is 0.414 e. The molecule has 1 fully saturated rings. The molecule has 14 heteroatoms. The Bertz CT molecular complexity index is 1410. The summed E-state index contributed by atoms with van der Waals surface area (Å²) >= 11 is 0. The molecule has 206 valence electrons. The Balaban J connectivity index is 1.80. The van der Waals surface area contributed by atoms with Gasteiger partial charge in [0, 0.05) is 27.1 Å². The molecule has 0 aliphatic carbocycles. The van der Waals surface area contributed by atoms with Gasteiger partial charge in [0.05, 0.1) is 16.4 Å². The average molecular weight is 568 g/mol. The zero-order valence-corrected chi connectivity index (χ0v) is 22.7. The Kier molecular flexibility index (Phi) is 8.79. The Morgan fingerprint density at radius 1 is 1.11 bits per heavy atom. The molecule has 2 amide bonds. The van der Waals surface area contributed by atoms with Gasteiger partial charge in [0.1, 0.15) is 17.8 Å². The van der Waals surface area contributed by atoms with Gasteiger partial charge >= 0.3 is 12.1 Å². The van der Waals surface area contributed by atoms with Crippen LogP contribution in [0.3, 0.4) is 0 Å². The molecule has 12 nitrogen and oxygen atoms in total. The summed E-state index contributed by atoms with van der Waals surface area (Å²) in [7, 11) is -4.97. The standard InChI is InChI=1S/C24H29N3O9S2/c1-16-4-10-19(11-5-16)38(34,35)27-12-13-37(32,33)15-21(27)22(28)25-20(23(29)30)14-17-6-8-18(9-7-17)36-24(31)26(2)3/h4-11,20-21H,12-15H2,1-3H3,(H,25,28)(H,29,30)/t20-,21-/m0/s1. The fourth-order valence-corrected chi connectivity index (χ4v) is 6.97. The number of carbonyl (C=O) groups is 3. The molecule has 1 aliphatic heterocycles. The number of hydrogen-bond donors (Lipinski definition) is 2. The van der Waals surface area contributed by atoms with E-state index >= 15 is 0 Å². The number of hydrogen-bond acceptors (Lipinski definition) is 8. The van der Waals surface area contributed by atoms with E-state index in [2.05, 4.69) is 5.32 Å². The lowest BCUT2D eigenvalue weighted by molar-refractivity contribution is -0.142. The van der Waals surface area contributed by atoms with Crippen molar-refractivity contribution in [3.63, 3.8) is 0 Å². The lowest BCUT2D eigenvalue weighted by Crippen LogP contribution is -2.59. The minimum absolute atomic E-state index is 0.106. The van der Waals surface area contributed by atoms with Crippen LogP contribution in [-0.2, 0) is 35.9 Å². The number of carboxylic acids is 1. The predicted octanol–water partition coefficient (Wildman–Crippen LogP) is 0.655. The van der Waals surface area contributed by atoms with Crippen LogP contribution in [0.15, 0.2) is 53.4 Å². The third-order valence-corrected chi connectivity index (χ3v) is 9.41. The van der Waals surface area contributed by atoms with E-state index < -0.39 is 68.0 Å². The first-order chi connectivity index (χ1) is 17.7. The van der Waals surface area contributed by atoms with Gasteiger partial charge in [0.15, 0.2) is 9.84 Å². The smallest absolute Gasteiger partial charge is 0.414 e. The van der Waals surface area contributed by atoms with E-state index in [1.54, 1.807) is 19.1 Å². The van der Waals surface area contributed by atoms with Gasteiger partial charge in [-0.05, 0) is 36.8 Å². The highest BCUT2D eigenvalue weighted by Crippen LogP contribution is 2.23. The van der Waals surface area contributed by atoms with E-state index in [4.69, 9.17) is 4.74 Å². The van der Waals surface area contributed by atoms with E-state index in [-0.39, 0.29) is 17.1 Å². The maximum absolute atomic E-state index is 13.3. The number of benzene rings is 2. The molecule has 0 radical (unpaired) electrons. The first-order valence-corrected chi connectivity index (χ1v) is 14.8. The van der Waals surface area contributed by atoms with E-state index in [0.717, 1.165) is 9.87 Å². The first-order valence-electron chi connectivity index (χ1n) is 11.5. The molecule has 0 bridgehead atoms. The molecular weight excluding hydrogens is 538 g/mol. The molecule has 3 rings (SSSR count). The van der Waals surface area contributed by atoms with Crippen molar-refractivity contribution in [2.24, 2.45) is 0 Å². The minimum Gasteiger partial charge on any atom is -0.480 e. The van der Waals surface area contributed by atoms with Crippen LogP contribution in [0, 0.1) is 6.92 Å². The van der Waals surface area contributed by atoms with Crippen molar-refractivity contribution < 1.29 is 41.1 Å². The third-order valence-electron chi connectivity index (χ3n) is 5.86. The highest BCUT2D eigenvalue weighted by atomic mass is 32.2. The molecule has 2 aromatic carbocycles. The summed E-state index contributed by atoms with van der Waals surface area (Å²) in [6.07, 6.45) is -0.784. The Labute approximate surface area is 221 Å². The van der Waals surface area contributed by atoms with Gasteiger partial charge in [-0.15, -0.1) is 0 Å². The number of sulfone groups is 1. The van der Waals surface area contributed by atoms with E-state index in [1.807, 2.05) is 0 Å². The van der Waals surface area contributed by atoms with Crippen molar-refractivity contribution in [3.8, 4) is 5.75 Å². The summed E-state index contributed by atoms with van der Waals surface area (Å²) in [6, 6.07) is 8.71. The van der Waals surface area contributed by atoms with Crippen LogP contribution >= 0.6 is 0 Å². The zero-order valence-electron chi connectivity index (χ0n) is 21.0. The SMILES string of the molecule is Cc1ccc(S(=O)(=O)N2CCS(=O)(=O)C[C@H]2C(=O)N[C@@H](Cc2ccc(OC(=O)N(C)C)cc2)C(=O)O)cc1.